The van der Waals surface area contributed by atoms with Crippen molar-refractivity contribution in [1.82, 2.24) is 9.97 Å². The van der Waals surface area contributed by atoms with Gasteiger partial charge in [0.05, 0.1) is 0 Å². The first-order chi connectivity index (χ1) is 8.83. The highest BCUT2D eigenvalue weighted by atomic mass is 15.2. The minimum atomic E-state index is 0.742. The molecule has 0 amide bonds. The highest BCUT2D eigenvalue weighted by Gasteiger charge is 2.16. The van der Waals surface area contributed by atoms with Crippen LogP contribution in [0.3, 0.4) is 0 Å². The highest BCUT2D eigenvalue weighted by molar-refractivity contribution is 5.42. The van der Waals surface area contributed by atoms with Gasteiger partial charge >= 0.3 is 0 Å². The smallest absolute Gasteiger partial charge is 0.224 e. The molecule has 1 aromatic heterocycles. The van der Waals surface area contributed by atoms with Crippen molar-refractivity contribution in [2.45, 2.75) is 39.5 Å². The van der Waals surface area contributed by atoms with Crippen LogP contribution in [0, 0.1) is 5.92 Å². The fourth-order valence-corrected chi connectivity index (χ4v) is 2.57. The summed E-state index contributed by atoms with van der Waals surface area (Å²) in [6.45, 7) is 7.48. The maximum Gasteiger partial charge on any atom is 0.224 e. The van der Waals surface area contributed by atoms with Crippen molar-refractivity contribution in [3.63, 3.8) is 0 Å². The second-order valence-electron chi connectivity index (χ2n) is 4.96. The van der Waals surface area contributed by atoms with E-state index >= 15 is 0 Å². The van der Waals surface area contributed by atoms with Gasteiger partial charge in [-0.05, 0) is 38.2 Å². The number of nitrogens with zero attached hydrogens (tertiary/aromatic N) is 3. The van der Waals surface area contributed by atoms with Gasteiger partial charge < -0.3 is 10.2 Å². The van der Waals surface area contributed by atoms with E-state index in [1.54, 1.807) is 0 Å². The first-order valence-corrected chi connectivity index (χ1v) is 7.15. The molecular weight excluding hydrogens is 224 g/mol. The lowest BCUT2D eigenvalue weighted by Gasteiger charge is -2.21. The predicted octanol–water partition coefficient (Wildman–Crippen LogP) is 2.92. The third kappa shape index (κ3) is 3.34. The number of anilines is 2. The van der Waals surface area contributed by atoms with E-state index in [1.807, 2.05) is 12.3 Å². The van der Waals surface area contributed by atoms with Crippen LogP contribution in [0.15, 0.2) is 12.3 Å². The zero-order valence-corrected chi connectivity index (χ0v) is 11.5. The van der Waals surface area contributed by atoms with Crippen molar-refractivity contribution in [2.75, 3.05) is 29.9 Å². The molecule has 0 saturated carbocycles. The fourth-order valence-electron chi connectivity index (χ4n) is 2.57. The molecule has 2 rings (SSSR count). The van der Waals surface area contributed by atoms with Crippen LogP contribution in [0.4, 0.5) is 11.8 Å². The quantitative estimate of drug-likeness (QED) is 0.889. The van der Waals surface area contributed by atoms with E-state index < -0.39 is 0 Å². The van der Waals surface area contributed by atoms with Gasteiger partial charge in [-0.15, -0.1) is 0 Å². The van der Waals surface area contributed by atoms with Gasteiger partial charge in [-0.25, -0.2) is 4.98 Å². The van der Waals surface area contributed by atoms with E-state index in [-0.39, 0.29) is 0 Å². The Labute approximate surface area is 110 Å². The number of aromatic nitrogens is 2. The number of rotatable bonds is 4. The van der Waals surface area contributed by atoms with Crippen molar-refractivity contribution >= 4 is 11.8 Å². The van der Waals surface area contributed by atoms with E-state index in [4.69, 9.17) is 0 Å². The topological polar surface area (TPSA) is 41.1 Å². The molecule has 4 nitrogen and oxygen atoms in total. The fraction of sp³-hybridized carbons (Fsp3) is 0.714. The van der Waals surface area contributed by atoms with Gasteiger partial charge in [0.2, 0.25) is 5.95 Å². The molecule has 1 unspecified atom stereocenters. The van der Waals surface area contributed by atoms with Gasteiger partial charge in [-0.3, -0.25) is 0 Å². The van der Waals surface area contributed by atoms with Crippen molar-refractivity contribution in [3.8, 4) is 0 Å². The summed E-state index contributed by atoms with van der Waals surface area (Å²) in [6, 6.07) is 2.02. The monoisotopic (exact) mass is 248 g/mol. The summed E-state index contributed by atoms with van der Waals surface area (Å²) in [7, 11) is 0. The summed E-state index contributed by atoms with van der Waals surface area (Å²) in [5.74, 6) is 2.70. The summed E-state index contributed by atoms with van der Waals surface area (Å²) in [6.07, 6.45) is 7.08. The Morgan fingerprint density at radius 2 is 2.22 bits per heavy atom. The van der Waals surface area contributed by atoms with Crippen molar-refractivity contribution in [3.05, 3.63) is 12.3 Å². The Balaban J connectivity index is 2.03. The lowest BCUT2D eigenvalue weighted by atomic mass is 9.98. The summed E-state index contributed by atoms with van der Waals surface area (Å²) >= 11 is 0. The average molecular weight is 248 g/mol. The lowest BCUT2D eigenvalue weighted by molar-refractivity contribution is 0.459. The van der Waals surface area contributed by atoms with Crippen LogP contribution in [0.2, 0.25) is 0 Å². The number of nitrogens with one attached hydrogen (secondary N) is 1. The van der Waals surface area contributed by atoms with E-state index in [0.717, 1.165) is 37.3 Å². The molecule has 1 saturated heterocycles. The van der Waals surface area contributed by atoms with Crippen LogP contribution in [0.1, 0.15) is 39.5 Å². The Bertz CT molecular complexity index is 367. The van der Waals surface area contributed by atoms with Crippen LogP contribution in [0.5, 0.6) is 0 Å². The van der Waals surface area contributed by atoms with E-state index in [1.165, 1.54) is 25.7 Å². The highest BCUT2D eigenvalue weighted by Crippen LogP contribution is 2.23. The molecule has 1 aromatic rings. The maximum atomic E-state index is 4.58. The third-order valence-corrected chi connectivity index (χ3v) is 3.72. The summed E-state index contributed by atoms with van der Waals surface area (Å²) in [4.78, 5) is 11.2. The molecule has 0 radical (unpaired) electrons. The second kappa shape index (κ2) is 6.57. The number of hydrogen-bond donors (Lipinski definition) is 1. The molecule has 0 aromatic carbocycles. The molecule has 0 bridgehead atoms. The predicted molar refractivity (Wildman–Crippen MR) is 76.0 cm³/mol. The Morgan fingerprint density at radius 3 is 3.00 bits per heavy atom. The van der Waals surface area contributed by atoms with Gasteiger partial charge in [0, 0.05) is 25.8 Å². The Morgan fingerprint density at radius 1 is 1.33 bits per heavy atom. The van der Waals surface area contributed by atoms with Gasteiger partial charge in [-0.2, -0.15) is 4.98 Å². The SMILES string of the molecule is CCNc1nccc(N2CCCC(CC)CC2)n1. The molecule has 1 aliphatic heterocycles. The normalized spacial score (nSPS) is 20.6. The minimum absolute atomic E-state index is 0.742. The van der Waals surface area contributed by atoms with E-state index in [2.05, 4.69) is 34.0 Å². The van der Waals surface area contributed by atoms with Gasteiger partial charge in [0.15, 0.2) is 0 Å². The third-order valence-electron chi connectivity index (χ3n) is 3.72. The molecule has 1 atom stereocenters. The van der Waals surface area contributed by atoms with Crippen molar-refractivity contribution < 1.29 is 0 Å². The van der Waals surface area contributed by atoms with Gasteiger partial charge in [0.25, 0.3) is 0 Å². The first kappa shape index (κ1) is 13.1. The molecule has 0 aliphatic carbocycles. The van der Waals surface area contributed by atoms with Crippen molar-refractivity contribution in [1.29, 1.82) is 0 Å². The average Bonchev–Trinajstić information content (AvgIpc) is 2.65. The molecule has 100 valence electrons. The van der Waals surface area contributed by atoms with E-state index in [9.17, 15) is 0 Å². The summed E-state index contributed by atoms with van der Waals surface area (Å²) < 4.78 is 0. The standard InChI is InChI=1S/C14H24N4/c1-3-12-6-5-10-18(11-8-12)13-7-9-16-14(17-13)15-4-2/h7,9,12H,3-6,8,10-11H2,1-2H3,(H,15,16,17). The molecule has 4 heteroatoms. The van der Waals surface area contributed by atoms with Crippen LogP contribution in [0.25, 0.3) is 0 Å². The largest absolute Gasteiger partial charge is 0.356 e. The molecule has 18 heavy (non-hydrogen) atoms. The summed E-state index contributed by atoms with van der Waals surface area (Å²) in [5.41, 5.74) is 0. The van der Waals surface area contributed by atoms with Crippen LogP contribution >= 0.6 is 0 Å². The molecule has 2 heterocycles. The minimum Gasteiger partial charge on any atom is -0.356 e. The molecular formula is C14H24N4. The molecule has 1 fully saturated rings. The first-order valence-electron chi connectivity index (χ1n) is 7.15. The second-order valence-corrected chi connectivity index (χ2v) is 4.96. The zero-order chi connectivity index (χ0) is 12.8. The Hall–Kier alpha value is -1.32. The maximum absolute atomic E-state index is 4.58. The lowest BCUT2D eigenvalue weighted by Crippen LogP contribution is -2.25. The van der Waals surface area contributed by atoms with Crippen LogP contribution in [-0.4, -0.2) is 29.6 Å². The molecule has 0 spiro atoms. The van der Waals surface area contributed by atoms with E-state index in [0.29, 0.717) is 0 Å². The molecule has 1 N–H and O–H groups in total. The number of hydrogen-bond acceptors (Lipinski definition) is 4. The van der Waals surface area contributed by atoms with Crippen LogP contribution in [-0.2, 0) is 0 Å². The van der Waals surface area contributed by atoms with Crippen LogP contribution < -0.4 is 10.2 Å². The van der Waals surface area contributed by atoms with Gasteiger partial charge in [0.1, 0.15) is 5.82 Å². The molecule has 1 aliphatic rings. The summed E-state index contributed by atoms with van der Waals surface area (Å²) in [5, 5.41) is 3.17. The van der Waals surface area contributed by atoms with Gasteiger partial charge in [-0.1, -0.05) is 13.3 Å². The Kier molecular flexibility index (Phi) is 4.79. The zero-order valence-electron chi connectivity index (χ0n) is 11.5. The van der Waals surface area contributed by atoms with Crippen molar-refractivity contribution in [2.24, 2.45) is 5.92 Å².